The molecule has 0 bridgehead atoms. The van der Waals surface area contributed by atoms with E-state index in [1.165, 1.54) is 0 Å². The van der Waals surface area contributed by atoms with E-state index in [9.17, 15) is 0 Å². The van der Waals surface area contributed by atoms with Crippen LogP contribution >= 0.6 is 0 Å². The molecule has 1 aromatic carbocycles. The summed E-state index contributed by atoms with van der Waals surface area (Å²) in [6.45, 7) is 0.588. The molecule has 0 fully saturated rings. The minimum Gasteiger partial charge on any atom is -0.382 e. The Bertz CT molecular complexity index is 782. The molecule has 6 heteroatoms. The molecule has 2 aromatic heterocycles. The summed E-state index contributed by atoms with van der Waals surface area (Å²) in [5.41, 5.74) is 8.18. The van der Waals surface area contributed by atoms with E-state index in [1.54, 1.807) is 24.5 Å². The van der Waals surface area contributed by atoms with Crippen LogP contribution in [0.5, 0.6) is 0 Å². The quantitative estimate of drug-likeness (QED) is 0.752. The number of imidazole rings is 1. The number of nitrogens with zero attached hydrogens (tertiary/aromatic N) is 4. The molecule has 0 amide bonds. The highest BCUT2D eigenvalue weighted by Crippen LogP contribution is 2.15. The molecule has 98 valence electrons. The third-order valence-corrected chi connectivity index (χ3v) is 2.94. The van der Waals surface area contributed by atoms with Gasteiger partial charge in [0, 0.05) is 18.9 Å². The molecule has 3 aromatic rings. The molecule has 0 radical (unpaired) electrons. The van der Waals surface area contributed by atoms with Crippen LogP contribution in [0.15, 0.2) is 42.9 Å². The van der Waals surface area contributed by atoms with Crippen LogP contribution in [0.1, 0.15) is 11.1 Å². The van der Waals surface area contributed by atoms with Crippen molar-refractivity contribution in [2.75, 3.05) is 11.1 Å². The van der Waals surface area contributed by atoms with Crippen LogP contribution in [-0.2, 0) is 6.54 Å². The third-order valence-electron chi connectivity index (χ3n) is 2.94. The van der Waals surface area contributed by atoms with Crippen LogP contribution in [-0.4, -0.2) is 14.4 Å². The van der Waals surface area contributed by atoms with Gasteiger partial charge in [-0.25, -0.2) is 9.97 Å². The Hall–Kier alpha value is -3.07. The fraction of sp³-hybridized carbons (Fsp3) is 0.0714. The van der Waals surface area contributed by atoms with Gasteiger partial charge in [0.15, 0.2) is 11.5 Å². The first-order valence-corrected chi connectivity index (χ1v) is 6.08. The van der Waals surface area contributed by atoms with E-state index in [2.05, 4.69) is 21.4 Å². The molecular formula is C14H12N6. The van der Waals surface area contributed by atoms with Gasteiger partial charge in [-0.1, -0.05) is 12.1 Å². The third kappa shape index (κ3) is 2.24. The van der Waals surface area contributed by atoms with Crippen molar-refractivity contribution in [3.05, 3.63) is 54.0 Å². The normalized spacial score (nSPS) is 10.3. The van der Waals surface area contributed by atoms with Crippen molar-refractivity contribution in [1.82, 2.24) is 14.4 Å². The number of nitriles is 1. The zero-order valence-corrected chi connectivity index (χ0v) is 10.6. The number of fused-ring (bicyclic) bond motifs is 1. The maximum absolute atomic E-state index is 8.76. The van der Waals surface area contributed by atoms with Gasteiger partial charge in [0.1, 0.15) is 5.82 Å². The Morgan fingerprint density at radius 3 is 2.85 bits per heavy atom. The van der Waals surface area contributed by atoms with Crippen molar-refractivity contribution in [2.45, 2.75) is 6.54 Å². The molecule has 3 N–H and O–H groups in total. The fourth-order valence-electron chi connectivity index (χ4n) is 1.95. The molecule has 0 aliphatic carbocycles. The summed E-state index contributed by atoms with van der Waals surface area (Å²) in [6, 6.07) is 9.47. The van der Waals surface area contributed by atoms with E-state index in [0.717, 1.165) is 11.2 Å². The first-order valence-electron chi connectivity index (χ1n) is 6.08. The standard InChI is InChI=1S/C14H12N6/c15-7-10-1-3-11(4-2-10)8-18-13-14-17-5-6-20(14)9-12(16)19-13/h1-6,9H,8,16H2,(H,18,19). The van der Waals surface area contributed by atoms with Crippen molar-refractivity contribution in [1.29, 1.82) is 5.26 Å². The molecule has 0 aliphatic rings. The van der Waals surface area contributed by atoms with Crippen molar-refractivity contribution in [3.8, 4) is 6.07 Å². The summed E-state index contributed by atoms with van der Waals surface area (Å²) in [5, 5.41) is 12.0. The van der Waals surface area contributed by atoms with E-state index < -0.39 is 0 Å². The van der Waals surface area contributed by atoms with Gasteiger partial charge in [-0.3, -0.25) is 0 Å². The summed E-state index contributed by atoms with van der Waals surface area (Å²) >= 11 is 0. The number of benzene rings is 1. The molecule has 3 rings (SSSR count). The first kappa shape index (κ1) is 12.0. The summed E-state index contributed by atoms with van der Waals surface area (Å²) in [5.74, 6) is 1.07. The average Bonchev–Trinajstić information content (AvgIpc) is 2.93. The number of nitrogens with two attached hydrogens (primary N) is 1. The fourth-order valence-corrected chi connectivity index (χ4v) is 1.95. The second-order valence-corrected chi connectivity index (χ2v) is 4.33. The van der Waals surface area contributed by atoms with Crippen molar-refractivity contribution in [2.24, 2.45) is 0 Å². The number of hydrogen-bond acceptors (Lipinski definition) is 5. The van der Waals surface area contributed by atoms with Gasteiger partial charge in [0.25, 0.3) is 0 Å². The number of rotatable bonds is 3. The zero-order valence-electron chi connectivity index (χ0n) is 10.6. The Kier molecular flexibility index (Phi) is 2.94. The molecule has 0 aliphatic heterocycles. The van der Waals surface area contributed by atoms with Gasteiger partial charge >= 0.3 is 0 Å². The lowest BCUT2D eigenvalue weighted by Gasteiger charge is -2.08. The molecule has 6 nitrogen and oxygen atoms in total. The molecule has 20 heavy (non-hydrogen) atoms. The number of nitrogens with one attached hydrogen (secondary N) is 1. The summed E-state index contributed by atoms with van der Waals surface area (Å²) in [7, 11) is 0. The van der Waals surface area contributed by atoms with E-state index in [0.29, 0.717) is 23.7 Å². The average molecular weight is 264 g/mol. The first-order chi connectivity index (χ1) is 9.76. The Balaban J connectivity index is 1.82. The van der Waals surface area contributed by atoms with Crippen LogP contribution in [0.2, 0.25) is 0 Å². The summed E-state index contributed by atoms with van der Waals surface area (Å²) < 4.78 is 1.82. The van der Waals surface area contributed by atoms with Crippen molar-refractivity contribution in [3.63, 3.8) is 0 Å². The van der Waals surface area contributed by atoms with Crippen molar-refractivity contribution >= 4 is 17.3 Å². The summed E-state index contributed by atoms with van der Waals surface area (Å²) in [4.78, 5) is 8.49. The minimum atomic E-state index is 0.429. The maximum atomic E-state index is 8.76. The van der Waals surface area contributed by atoms with E-state index in [4.69, 9.17) is 11.0 Å². The zero-order chi connectivity index (χ0) is 13.9. The van der Waals surface area contributed by atoms with Crippen LogP contribution in [0, 0.1) is 11.3 Å². The van der Waals surface area contributed by atoms with Gasteiger partial charge in [-0.05, 0) is 17.7 Å². The SMILES string of the molecule is N#Cc1ccc(CNc2nc(N)cn3ccnc23)cc1. The molecule has 0 saturated heterocycles. The Morgan fingerprint density at radius 2 is 2.10 bits per heavy atom. The highest BCUT2D eigenvalue weighted by molar-refractivity contribution is 5.64. The van der Waals surface area contributed by atoms with Crippen LogP contribution in [0.4, 0.5) is 11.6 Å². The van der Waals surface area contributed by atoms with Gasteiger partial charge in [0.2, 0.25) is 0 Å². The second kappa shape index (κ2) is 4.90. The molecule has 0 saturated carbocycles. The lowest BCUT2D eigenvalue weighted by Crippen LogP contribution is -2.06. The Morgan fingerprint density at radius 1 is 1.30 bits per heavy atom. The molecule has 2 heterocycles. The van der Waals surface area contributed by atoms with Crippen LogP contribution < -0.4 is 11.1 Å². The van der Waals surface area contributed by atoms with E-state index >= 15 is 0 Å². The van der Waals surface area contributed by atoms with Crippen molar-refractivity contribution < 1.29 is 0 Å². The second-order valence-electron chi connectivity index (χ2n) is 4.33. The molecule has 0 unspecified atom stereocenters. The number of hydrogen-bond donors (Lipinski definition) is 2. The summed E-state index contributed by atoms with van der Waals surface area (Å²) in [6.07, 6.45) is 5.23. The van der Waals surface area contributed by atoms with E-state index in [-0.39, 0.29) is 0 Å². The smallest absolute Gasteiger partial charge is 0.180 e. The minimum absolute atomic E-state index is 0.429. The maximum Gasteiger partial charge on any atom is 0.180 e. The topological polar surface area (TPSA) is 92.0 Å². The Labute approximate surface area is 115 Å². The largest absolute Gasteiger partial charge is 0.382 e. The lowest BCUT2D eigenvalue weighted by atomic mass is 10.1. The highest BCUT2D eigenvalue weighted by Gasteiger charge is 2.05. The van der Waals surface area contributed by atoms with Crippen LogP contribution in [0.25, 0.3) is 5.65 Å². The van der Waals surface area contributed by atoms with Gasteiger partial charge in [-0.2, -0.15) is 5.26 Å². The predicted molar refractivity (Wildman–Crippen MR) is 75.9 cm³/mol. The molecule has 0 atom stereocenters. The molecular weight excluding hydrogens is 252 g/mol. The van der Waals surface area contributed by atoms with Crippen LogP contribution in [0.3, 0.4) is 0 Å². The molecule has 0 spiro atoms. The highest BCUT2D eigenvalue weighted by atomic mass is 15.1. The number of aromatic nitrogens is 3. The lowest BCUT2D eigenvalue weighted by molar-refractivity contribution is 1.07. The number of nitrogen functional groups attached to an aromatic ring is 1. The predicted octanol–water partition coefficient (Wildman–Crippen LogP) is 1.80. The van der Waals surface area contributed by atoms with Gasteiger partial charge in [0.05, 0.1) is 17.8 Å². The number of anilines is 2. The van der Waals surface area contributed by atoms with Gasteiger partial charge < -0.3 is 15.5 Å². The van der Waals surface area contributed by atoms with Gasteiger partial charge in [-0.15, -0.1) is 0 Å². The monoisotopic (exact) mass is 264 g/mol. The van der Waals surface area contributed by atoms with E-state index in [1.807, 2.05) is 22.7 Å².